The highest BCUT2D eigenvalue weighted by Gasteiger charge is 2.45. The number of ether oxygens (including phenoxy) is 1. The molecule has 178 valence electrons. The Hall–Kier alpha value is -2.57. The minimum Gasteiger partial charge on any atom is -0.369 e. The first-order valence-electron chi connectivity index (χ1n) is 10.7. The number of hydrogen-bond donors (Lipinski definition) is 1. The van der Waals surface area contributed by atoms with Crippen LogP contribution in [0.3, 0.4) is 0 Å². The van der Waals surface area contributed by atoms with Gasteiger partial charge >= 0.3 is 0 Å². The summed E-state index contributed by atoms with van der Waals surface area (Å²) in [6, 6.07) is 1.82. The molecule has 1 fully saturated rings. The molecule has 0 radical (unpaired) electrons. The average Bonchev–Trinajstić information content (AvgIpc) is 3.16. The molecule has 0 bridgehead atoms. The Balaban J connectivity index is 1.66. The van der Waals surface area contributed by atoms with Gasteiger partial charge in [0.05, 0.1) is 5.02 Å². The van der Waals surface area contributed by atoms with E-state index in [0.717, 1.165) is 12.8 Å². The second kappa shape index (κ2) is 8.99. The predicted molar refractivity (Wildman–Crippen MR) is 123 cm³/mol. The quantitative estimate of drug-likeness (QED) is 0.455. The molecule has 0 spiro atoms. The highest BCUT2D eigenvalue weighted by Crippen LogP contribution is 2.46. The van der Waals surface area contributed by atoms with E-state index >= 15 is 0 Å². The Morgan fingerprint density at radius 1 is 1.27 bits per heavy atom. The first kappa shape index (κ1) is 23.6. The molecule has 2 atom stereocenters. The van der Waals surface area contributed by atoms with Crippen LogP contribution < -0.4 is 4.72 Å². The molecule has 1 aliphatic carbocycles. The number of sulfonamides is 1. The van der Waals surface area contributed by atoms with Crippen molar-refractivity contribution in [2.75, 3.05) is 11.3 Å². The van der Waals surface area contributed by atoms with Crippen molar-refractivity contribution in [3.05, 3.63) is 35.5 Å². The maximum atomic E-state index is 13.4. The smallest absolute Gasteiger partial charge is 0.240 e. The lowest BCUT2D eigenvalue weighted by Crippen LogP contribution is -2.34. The lowest BCUT2D eigenvalue weighted by atomic mass is 10.2. The number of rotatable bonds is 10. The van der Waals surface area contributed by atoms with Crippen LogP contribution >= 0.6 is 11.6 Å². The van der Waals surface area contributed by atoms with Crippen LogP contribution in [0.25, 0.3) is 11.5 Å². The monoisotopic (exact) mass is 494 g/mol. The number of halogens is 1. The van der Waals surface area contributed by atoms with Crippen molar-refractivity contribution in [2.24, 2.45) is 7.05 Å². The van der Waals surface area contributed by atoms with Gasteiger partial charge in [0.25, 0.3) is 0 Å². The second-order valence-corrected chi connectivity index (χ2v) is 10.9. The van der Waals surface area contributed by atoms with Gasteiger partial charge in [-0.2, -0.15) is 5.10 Å². The molecule has 1 N–H and O–H groups in total. The SMILES string of the molecule is CCCO[C@@H](c1ncc(Cl)cn1)[C@H](C)S(=O)(=O)Nc1nnc(-c2ccn(C)n2)n1C1(C)CC1. The van der Waals surface area contributed by atoms with Gasteiger partial charge in [0, 0.05) is 37.8 Å². The highest BCUT2D eigenvalue weighted by molar-refractivity contribution is 7.93. The van der Waals surface area contributed by atoms with Crippen molar-refractivity contribution in [1.82, 2.24) is 34.5 Å². The number of hydrogen-bond acceptors (Lipinski definition) is 8. The third-order valence-electron chi connectivity index (χ3n) is 5.66. The second-order valence-electron chi connectivity index (χ2n) is 8.46. The van der Waals surface area contributed by atoms with Crippen molar-refractivity contribution < 1.29 is 13.2 Å². The summed E-state index contributed by atoms with van der Waals surface area (Å²) in [5.41, 5.74) is 0.338. The molecule has 1 aliphatic rings. The van der Waals surface area contributed by atoms with Crippen LogP contribution in [0.4, 0.5) is 5.95 Å². The zero-order valence-corrected chi connectivity index (χ0v) is 20.5. The maximum absolute atomic E-state index is 13.4. The summed E-state index contributed by atoms with van der Waals surface area (Å²) in [6.45, 7) is 5.89. The van der Waals surface area contributed by atoms with Gasteiger partial charge in [-0.1, -0.05) is 18.5 Å². The zero-order chi connectivity index (χ0) is 23.8. The van der Waals surface area contributed by atoms with Gasteiger partial charge in [-0.25, -0.2) is 18.4 Å². The molecule has 33 heavy (non-hydrogen) atoms. The number of aromatic nitrogens is 7. The predicted octanol–water partition coefficient (Wildman–Crippen LogP) is 2.93. The van der Waals surface area contributed by atoms with Crippen LogP contribution in [0.2, 0.25) is 5.02 Å². The number of aryl methyl sites for hydroxylation is 1. The van der Waals surface area contributed by atoms with Crippen LogP contribution in [0, 0.1) is 0 Å². The molecule has 0 saturated heterocycles. The van der Waals surface area contributed by atoms with Crippen molar-refractivity contribution in [2.45, 2.75) is 56.9 Å². The minimum absolute atomic E-state index is 0.147. The normalized spacial score (nSPS) is 17.0. The molecule has 3 aromatic heterocycles. The van der Waals surface area contributed by atoms with Crippen LogP contribution in [-0.2, 0) is 27.3 Å². The van der Waals surface area contributed by atoms with Gasteiger partial charge in [-0.05, 0) is 39.2 Å². The van der Waals surface area contributed by atoms with Gasteiger partial charge in [0.2, 0.25) is 16.0 Å². The molecule has 1 saturated carbocycles. The molecule has 3 aromatic rings. The van der Waals surface area contributed by atoms with E-state index in [9.17, 15) is 8.42 Å². The van der Waals surface area contributed by atoms with Crippen molar-refractivity contribution >= 4 is 27.6 Å². The molecule has 0 aromatic carbocycles. The zero-order valence-electron chi connectivity index (χ0n) is 18.9. The Bertz CT molecular complexity index is 1220. The van der Waals surface area contributed by atoms with Gasteiger partial charge in [-0.15, -0.1) is 10.2 Å². The molecule has 3 heterocycles. The average molecular weight is 495 g/mol. The van der Waals surface area contributed by atoms with E-state index in [-0.39, 0.29) is 17.3 Å². The van der Waals surface area contributed by atoms with Crippen molar-refractivity contribution in [3.63, 3.8) is 0 Å². The summed E-state index contributed by atoms with van der Waals surface area (Å²) in [7, 11) is -2.15. The summed E-state index contributed by atoms with van der Waals surface area (Å²) in [5, 5.41) is 12.2. The van der Waals surface area contributed by atoms with Crippen molar-refractivity contribution in [3.8, 4) is 11.5 Å². The summed E-state index contributed by atoms with van der Waals surface area (Å²) < 4.78 is 38.8. The largest absolute Gasteiger partial charge is 0.369 e. The van der Waals surface area contributed by atoms with Gasteiger partial charge in [0.1, 0.15) is 17.0 Å². The molecular formula is C20H27ClN8O3S. The van der Waals surface area contributed by atoms with E-state index in [0.29, 0.717) is 29.6 Å². The Morgan fingerprint density at radius 3 is 2.55 bits per heavy atom. The molecule has 4 rings (SSSR count). The first-order valence-corrected chi connectivity index (χ1v) is 12.6. The Kier molecular flexibility index (Phi) is 6.43. The highest BCUT2D eigenvalue weighted by atomic mass is 35.5. The summed E-state index contributed by atoms with van der Waals surface area (Å²) in [6.07, 6.45) is 6.24. The third-order valence-corrected chi connectivity index (χ3v) is 7.55. The van der Waals surface area contributed by atoms with Gasteiger partial charge < -0.3 is 4.74 Å². The Morgan fingerprint density at radius 2 is 1.97 bits per heavy atom. The van der Waals surface area contributed by atoms with E-state index in [1.54, 1.807) is 17.8 Å². The summed E-state index contributed by atoms with van der Waals surface area (Å²) in [5.74, 6) is 0.907. The third kappa shape index (κ3) is 4.87. The lowest BCUT2D eigenvalue weighted by molar-refractivity contribution is 0.0466. The number of anilines is 1. The van der Waals surface area contributed by atoms with Gasteiger partial charge in [-0.3, -0.25) is 14.0 Å². The van der Waals surface area contributed by atoms with E-state index < -0.39 is 21.4 Å². The standard InChI is InChI=1S/C20H27ClN8O3S/c1-5-10-32-16(17-22-11-14(21)12-23-17)13(2)33(30,31)27-19-25-24-18(15-6-9-28(4)26-15)29(19)20(3)7-8-20/h6,9,11-13,16H,5,7-8,10H2,1-4H3,(H,25,27)/t13-,16+/m0/s1. The lowest BCUT2D eigenvalue weighted by Gasteiger charge is -2.24. The maximum Gasteiger partial charge on any atom is 0.240 e. The number of nitrogens with one attached hydrogen (secondary N) is 1. The van der Waals surface area contributed by atoms with Crippen molar-refractivity contribution in [1.29, 1.82) is 0 Å². The van der Waals surface area contributed by atoms with Crippen LogP contribution in [0.15, 0.2) is 24.7 Å². The van der Waals surface area contributed by atoms with Gasteiger partial charge in [0.15, 0.2) is 11.6 Å². The fourth-order valence-electron chi connectivity index (χ4n) is 3.48. The van der Waals surface area contributed by atoms with E-state index in [4.69, 9.17) is 16.3 Å². The topological polar surface area (TPSA) is 130 Å². The molecule has 0 aliphatic heterocycles. The fourth-order valence-corrected chi connectivity index (χ4v) is 4.68. The first-order chi connectivity index (χ1) is 15.6. The van der Waals surface area contributed by atoms with E-state index in [2.05, 4.69) is 30.0 Å². The molecular weight excluding hydrogens is 468 g/mol. The molecule has 0 amide bonds. The molecule has 13 heteroatoms. The molecule has 11 nitrogen and oxygen atoms in total. The Labute approximate surface area is 197 Å². The fraction of sp³-hybridized carbons (Fsp3) is 0.550. The van der Waals surface area contributed by atoms with Crippen LogP contribution in [0.1, 0.15) is 52.0 Å². The van der Waals surface area contributed by atoms with Crippen LogP contribution in [0.5, 0.6) is 0 Å². The summed E-state index contributed by atoms with van der Waals surface area (Å²) in [4.78, 5) is 8.36. The van der Waals surface area contributed by atoms with Crippen LogP contribution in [-0.4, -0.2) is 54.8 Å². The van der Waals surface area contributed by atoms with E-state index in [1.807, 2.05) is 31.5 Å². The minimum atomic E-state index is -3.96. The van der Waals surface area contributed by atoms with E-state index in [1.165, 1.54) is 12.4 Å². The molecule has 0 unspecified atom stereocenters. The summed E-state index contributed by atoms with van der Waals surface area (Å²) >= 11 is 5.90. The number of nitrogens with zero attached hydrogens (tertiary/aromatic N) is 7.